The van der Waals surface area contributed by atoms with Gasteiger partial charge in [-0.2, -0.15) is 5.10 Å². The van der Waals surface area contributed by atoms with Crippen LogP contribution in [0.3, 0.4) is 0 Å². The van der Waals surface area contributed by atoms with Gasteiger partial charge in [0.2, 0.25) is 0 Å². The fourth-order valence-electron chi connectivity index (χ4n) is 3.65. The maximum absolute atomic E-state index is 5.89. The summed E-state index contributed by atoms with van der Waals surface area (Å²) in [6.07, 6.45) is 5.20. The molecule has 7 nitrogen and oxygen atoms in total. The number of pyridine rings is 3. The van der Waals surface area contributed by atoms with Crippen LogP contribution in [0.4, 0.5) is 5.69 Å². The molecule has 0 spiro atoms. The van der Waals surface area contributed by atoms with Gasteiger partial charge in [0.25, 0.3) is 0 Å². The molecule has 0 amide bonds. The number of hydrogen-bond acceptors (Lipinski definition) is 6. The lowest BCUT2D eigenvalue weighted by Gasteiger charge is -2.02. The summed E-state index contributed by atoms with van der Waals surface area (Å²) in [6.45, 7) is 0. The van der Waals surface area contributed by atoms with Gasteiger partial charge in [0.15, 0.2) is 0 Å². The average Bonchev–Trinajstić information content (AvgIpc) is 3.51. The van der Waals surface area contributed by atoms with E-state index in [0.717, 1.165) is 50.3 Å². The summed E-state index contributed by atoms with van der Waals surface area (Å²) in [6, 6.07) is 14.1. The minimum atomic E-state index is 0.601. The van der Waals surface area contributed by atoms with Gasteiger partial charge >= 0.3 is 0 Å². The van der Waals surface area contributed by atoms with E-state index >= 15 is 0 Å². The van der Waals surface area contributed by atoms with Gasteiger partial charge in [-0.1, -0.05) is 6.07 Å². The van der Waals surface area contributed by atoms with Crippen molar-refractivity contribution in [2.24, 2.45) is 0 Å². The third-order valence-electron chi connectivity index (χ3n) is 5.04. The molecule has 30 heavy (non-hydrogen) atoms. The van der Waals surface area contributed by atoms with Crippen LogP contribution in [0.2, 0.25) is 0 Å². The predicted molar refractivity (Wildman–Crippen MR) is 120 cm³/mol. The zero-order chi connectivity index (χ0) is 20.1. The summed E-state index contributed by atoms with van der Waals surface area (Å²) in [5.41, 5.74) is 13.4. The fourth-order valence-corrected chi connectivity index (χ4v) is 4.41. The first-order valence-corrected chi connectivity index (χ1v) is 10.2. The zero-order valence-corrected chi connectivity index (χ0v) is 16.4. The number of aromatic amines is 2. The Morgan fingerprint density at radius 1 is 1.03 bits per heavy atom. The molecule has 0 aliphatic heterocycles. The van der Waals surface area contributed by atoms with Crippen LogP contribution >= 0.6 is 11.3 Å². The van der Waals surface area contributed by atoms with Gasteiger partial charge in [-0.25, -0.2) is 9.97 Å². The Bertz CT molecular complexity index is 1510. The molecule has 0 fully saturated rings. The summed E-state index contributed by atoms with van der Waals surface area (Å²) in [5, 5.41) is 10.7. The van der Waals surface area contributed by atoms with Crippen molar-refractivity contribution in [3.8, 4) is 33.1 Å². The molecule has 0 radical (unpaired) electrons. The van der Waals surface area contributed by atoms with Crippen LogP contribution in [0.15, 0.2) is 66.4 Å². The van der Waals surface area contributed by atoms with E-state index in [1.54, 1.807) is 23.7 Å². The topological polar surface area (TPSA) is 109 Å². The molecule has 0 saturated carbocycles. The number of nitrogens with zero attached hydrogens (tertiary/aromatic N) is 4. The average molecular weight is 409 g/mol. The van der Waals surface area contributed by atoms with Gasteiger partial charge in [0.05, 0.1) is 22.6 Å². The molecule has 8 heteroatoms. The van der Waals surface area contributed by atoms with Crippen LogP contribution in [0.25, 0.3) is 55.2 Å². The number of nitrogens with two attached hydrogens (primary N) is 1. The van der Waals surface area contributed by atoms with Crippen molar-refractivity contribution in [2.75, 3.05) is 5.73 Å². The summed E-state index contributed by atoms with van der Waals surface area (Å²) < 4.78 is 0. The third kappa shape index (κ3) is 2.66. The summed E-state index contributed by atoms with van der Waals surface area (Å²) in [4.78, 5) is 18.1. The van der Waals surface area contributed by atoms with E-state index in [-0.39, 0.29) is 0 Å². The standard InChI is InChI=1S/C22H15N7S/c23-13-8-12(10-24-11-13)16-3-4-17-20(26-16)21(29-28-17)18-9-15-14(19-2-1-7-30-19)5-6-25-22(15)27-18/h1-11H,23H2,(H,25,27)(H,28,29). The molecule has 6 rings (SSSR count). The Labute approximate surface area is 174 Å². The van der Waals surface area contributed by atoms with E-state index in [0.29, 0.717) is 5.69 Å². The van der Waals surface area contributed by atoms with Crippen LogP contribution in [0, 0.1) is 0 Å². The van der Waals surface area contributed by atoms with Crippen LogP contribution < -0.4 is 5.73 Å². The van der Waals surface area contributed by atoms with Crippen molar-refractivity contribution in [2.45, 2.75) is 0 Å². The number of hydrogen-bond donors (Lipinski definition) is 3. The van der Waals surface area contributed by atoms with E-state index in [1.807, 2.05) is 30.5 Å². The van der Waals surface area contributed by atoms with Crippen molar-refractivity contribution in [3.05, 3.63) is 66.4 Å². The maximum atomic E-state index is 5.89. The molecule has 0 aliphatic rings. The number of thiophene rings is 1. The molecule has 0 atom stereocenters. The highest BCUT2D eigenvalue weighted by Crippen LogP contribution is 2.34. The Morgan fingerprint density at radius 3 is 2.87 bits per heavy atom. The Hall–Kier alpha value is -4.04. The number of aromatic nitrogens is 6. The molecule has 0 saturated heterocycles. The Balaban J connectivity index is 1.52. The van der Waals surface area contributed by atoms with Gasteiger partial charge in [-0.3, -0.25) is 10.1 Å². The second-order valence-corrected chi connectivity index (χ2v) is 7.90. The molecule has 0 aliphatic carbocycles. The Kier molecular flexibility index (Phi) is 3.65. The monoisotopic (exact) mass is 409 g/mol. The van der Waals surface area contributed by atoms with Crippen molar-refractivity contribution in [1.29, 1.82) is 0 Å². The second-order valence-electron chi connectivity index (χ2n) is 6.95. The molecule has 6 heterocycles. The molecule has 0 unspecified atom stereocenters. The van der Waals surface area contributed by atoms with Gasteiger partial charge < -0.3 is 10.7 Å². The molecular formula is C22H15N7S. The third-order valence-corrected chi connectivity index (χ3v) is 5.94. The van der Waals surface area contributed by atoms with E-state index < -0.39 is 0 Å². The van der Waals surface area contributed by atoms with Crippen molar-refractivity contribution < 1.29 is 0 Å². The van der Waals surface area contributed by atoms with Crippen molar-refractivity contribution >= 4 is 39.1 Å². The highest BCUT2D eigenvalue weighted by atomic mass is 32.1. The molecule has 144 valence electrons. The zero-order valence-electron chi connectivity index (χ0n) is 15.6. The molecule has 0 bridgehead atoms. The van der Waals surface area contributed by atoms with Gasteiger partial charge in [-0.05, 0) is 41.8 Å². The van der Waals surface area contributed by atoms with E-state index in [4.69, 9.17) is 10.7 Å². The number of nitrogens with one attached hydrogen (secondary N) is 2. The first-order chi connectivity index (χ1) is 14.8. The highest BCUT2D eigenvalue weighted by Gasteiger charge is 2.16. The lowest BCUT2D eigenvalue weighted by molar-refractivity contribution is 1.12. The second kappa shape index (κ2) is 6.50. The maximum Gasteiger partial charge on any atom is 0.138 e. The van der Waals surface area contributed by atoms with Crippen LogP contribution in [-0.2, 0) is 0 Å². The molecule has 6 aromatic rings. The summed E-state index contributed by atoms with van der Waals surface area (Å²) in [5.74, 6) is 0. The number of H-pyrrole nitrogens is 2. The fraction of sp³-hybridized carbons (Fsp3) is 0. The number of fused-ring (bicyclic) bond motifs is 2. The van der Waals surface area contributed by atoms with Crippen LogP contribution in [-0.4, -0.2) is 30.1 Å². The molecule has 4 N–H and O–H groups in total. The normalized spacial score (nSPS) is 11.5. The van der Waals surface area contributed by atoms with E-state index in [9.17, 15) is 0 Å². The lowest BCUT2D eigenvalue weighted by atomic mass is 10.1. The number of nitrogen functional groups attached to an aromatic ring is 1. The van der Waals surface area contributed by atoms with Gasteiger partial charge in [0.1, 0.15) is 16.9 Å². The molecule has 6 aromatic heterocycles. The minimum absolute atomic E-state index is 0.601. The minimum Gasteiger partial charge on any atom is -0.397 e. The van der Waals surface area contributed by atoms with Gasteiger partial charge in [0, 0.05) is 40.0 Å². The quantitative estimate of drug-likeness (QED) is 0.386. The Morgan fingerprint density at radius 2 is 2.00 bits per heavy atom. The first kappa shape index (κ1) is 16.9. The van der Waals surface area contributed by atoms with Crippen LogP contribution in [0.1, 0.15) is 0 Å². The largest absolute Gasteiger partial charge is 0.397 e. The van der Waals surface area contributed by atoms with Crippen LogP contribution in [0.5, 0.6) is 0 Å². The highest BCUT2D eigenvalue weighted by molar-refractivity contribution is 7.13. The smallest absolute Gasteiger partial charge is 0.138 e. The number of anilines is 1. The van der Waals surface area contributed by atoms with Crippen molar-refractivity contribution in [3.63, 3.8) is 0 Å². The lowest BCUT2D eigenvalue weighted by Crippen LogP contribution is -1.90. The summed E-state index contributed by atoms with van der Waals surface area (Å²) >= 11 is 1.71. The van der Waals surface area contributed by atoms with Gasteiger partial charge in [-0.15, -0.1) is 11.3 Å². The first-order valence-electron chi connectivity index (χ1n) is 9.34. The summed E-state index contributed by atoms with van der Waals surface area (Å²) in [7, 11) is 0. The SMILES string of the molecule is Nc1cncc(-c2ccc3[nH]nc(-c4cc5c(-c6cccs6)ccnc5[nH]4)c3n2)c1. The predicted octanol–water partition coefficient (Wildman–Crippen LogP) is 4.87. The van der Waals surface area contributed by atoms with Crippen molar-refractivity contribution in [1.82, 2.24) is 30.1 Å². The van der Waals surface area contributed by atoms with E-state index in [1.165, 1.54) is 4.88 Å². The molecular weight excluding hydrogens is 394 g/mol. The molecule has 0 aromatic carbocycles. The number of rotatable bonds is 3. The van der Waals surface area contributed by atoms with E-state index in [2.05, 4.69) is 48.7 Å².